The molecule has 2 N–H and O–H groups in total. The van der Waals surface area contributed by atoms with Crippen LogP contribution in [0.3, 0.4) is 0 Å². The molecule has 1 aromatic carbocycles. The molecule has 0 bridgehead atoms. The number of benzene rings is 1. The summed E-state index contributed by atoms with van der Waals surface area (Å²) in [4.78, 5) is 39.6. The van der Waals surface area contributed by atoms with Gasteiger partial charge in [0.05, 0.1) is 0 Å². The minimum Gasteiger partial charge on any atom is -0.355 e. The van der Waals surface area contributed by atoms with Crippen molar-refractivity contribution in [1.29, 1.82) is 0 Å². The molecule has 0 aliphatic carbocycles. The van der Waals surface area contributed by atoms with Crippen LogP contribution in [0.15, 0.2) is 24.3 Å². The van der Waals surface area contributed by atoms with E-state index in [4.69, 9.17) is 0 Å². The van der Waals surface area contributed by atoms with Crippen molar-refractivity contribution in [2.75, 3.05) is 38.0 Å². The Bertz CT molecular complexity index is 677. The molecule has 1 aliphatic heterocycles. The number of rotatable bonds is 4. The summed E-state index contributed by atoms with van der Waals surface area (Å²) in [6, 6.07) is 5.29. The van der Waals surface area contributed by atoms with Gasteiger partial charge in [-0.1, -0.05) is 20.8 Å². The summed E-state index contributed by atoms with van der Waals surface area (Å²) in [6.07, 6.45) is 0.240. The molecule has 1 aromatic rings. The van der Waals surface area contributed by atoms with Crippen molar-refractivity contribution >= 4 is 23.5 Å². The molecule has 0 aromatic heterocycles. The van der Waals surface area contributed by atoms with Crippen LogP contribution in [0.5, 0.6) is 0 Å². The van der Waals surface area contributed by atoms with Gasteiger partial charge in [-0.15, -0.1) is 0 Å². The third-order valence-corrected chi connectivity index (χ3v) is 4.32. The van der Waals surface area contributed by atoms with Gasteiger partial charge in [0.25, 0.3) is 0 Å². The van der Waals surface area contributed by atoms with Crippen molar-refractivity contribution in [1.82, 2.24) is 15.1 Å². The molecule has 0 spiro atoms. The number of hydrogen-bond donors (Lipinski definition) is 2. The smallest absolute Gasteiger partial charge is 0.321 e. The fraction of sp³-hybridized carbons (Fsp3) is 0.526. The van der Waals surface area contributed by atoms with Gasteiger partial charge in [-0.05, 0) is 24.3 Å². The Balaban J connectivity index is 1.72. The molecule has 1 saturated heterocycles. The van der Waals surface area contributed by atoms with Gasteiger partial charge in [-0.25, -0.2) is 9.18 Å². The van der Waals surface area contributed by atoms with E-state index in [1.807, 2.05) is 20.8 Å². The number of carbonyl (C=O) groups excluding carboxylic acids is 3. The van der Waals surface area contributed by atoms with E-state index in [-0.39, 0.29) is 30.1 Å². The maximum atomic E-state index is 12.9. The maximum absolute atomic E-state index is 12.9. The molecular weight excluding hydrogens is 351 g/mol. The molecule has 7 nitrogen and oxygen atoms in total. The molecule has 8 heteroatoms. The second-order valence-corrected chi connectivity index (χ2v) is 7.56. The SMILES string of the molecule is CC(C)(C)C(=O)NCCC(=O)N1CCN(C(=O)Nc2ccc(F)cc2)CC1. The third kappa shape index (κ3) is 6.23. The zero-order valence-electron chi connectivity index (χ0n) is 16.0. The lowest BCUT2D eigenvalue weighted by atomic mass is 9.96. The van der Waals surface area contributed by atoms with Crippen LogP contribution >= 0.6 is 0 Å². The molecule has 2 rings (SSSR count). The zero-order chi connectivity index (χ0) is 20.0. The molecule has 0 unspecified atom stereocenters. The highest BCUT2D eigenvalue weighted by molar-refractivity contribution is 5.89. The number of nitrogens with zero attached hydrogens (tertiary/aromatic N) is 2. The summed E-state index contributed by atoms with van der Waals surface area (Å²) in [5, 5.41) is 5.48. The second kappa shape index (κ2) is 8.83. The molecule has 0 atom stereocenters. The zero-order valence-corrected chi connectivity index (χ0v) is 16.0. The molecular formula is C19H27FN4O3. The minimum atomic E-state index is -0.480. The second-order valence-electron chi connectivity index (χ2n) is 7.56. The van der Waals surface area contributed by atoms with Crippen molar-refractivity contribution in [2.45, 2.75) is 27.2 Å². The Hall–Kier alpha value is -2.64. The van der Waals surface area contributed by atoms with E-state index in [0.29, 0.717) is 38.4 Å². The van der Waals surface area contributed by atoms with Crippen LogP contribution in [-0.2, 0) is 9.59 Å². The van der Waals surface area contributed by atoms with Crippen LogP contribution < -0.4 is 10.6 Å². The van der Waals surface area contributed by atoms with Gasteiger partial charge in [-0.3, -0.25) is 9.59 Å². The van der Waals surface area contributed by atoms with Crippen LogP contribution in [0, 0.1) is 11.2 Å². The fourth-order valence-electron chi connectivity index (χ4n) is 2.60. The van der Waals surface area contributed by atoms with E-state index in [1.165, 1.54) is 24.3 Å². The Morgan fingerprint density at radius 2 is 1.56 bits per heavy atom. The molecule has 148 valence electrons. The minimum absolute atomic E-state index is 0.0391. The first-order valence-corrected chi connectivity index (χ1v) is 9.04. The maximum Gasteiger partial charge on any atom is 0.321 e. The number of hydrogen-bond acceptors (Lipinski definition) is 3. The van der Waals surface area contributed by atoms with Gasteiger partial charge in [0.15, 0.2) is 0 Å². The average Bonchev–Trinajstić information content (AvgIpc) is 2.62. The van der Waals surface area contributed by atoms with Crippen molar-refractivity contribution in [3.05, 3.63) is 30.1 Å². The van der Waals surface area contributed by atoms with Gasteiger partial charge >= 0.3 is 6.03 Å². The van der Waals surface area contributed by atoms with Gasteiger partial charge in [0.2, 0.25) is 11.8 Å². The summed E-state index contributed by atoms with van der Waals surface area (Å²) >= 11 is 0. The predicted molar refractivity (Wildman–Crippen MR) is 101 cm³/mol. The van der Waals surface area contributed by atoms with Crippen molar-refractivity contribution in [2.24, 2.45) is 5.41 Å². The lowest BCUT2D eigenvalue weighted by molar-refractivity contribution is -0.133. The fourth-order valence-corrected chi connectivity index (χ4v) is 2.60. The molecule has 1 heterocycles. The Morgan fingerprint density at radius 3 is 2.11 bits per heavy atom. The van der Waals surface area contributed by atoms with Crippen LogP contribution in [0.2, 0.25) is 0 Å². The average molecular weight is 378 g/mol. The number of amides is 4. The highest BCUT2D eigenvalue weighted by Crippen LogP contribution is 2.13. The molecule has 1 fully saturated rings. The molecule has 4 amide bonds. The first-order valence-electron chi connectivity index (χ1n) is 9.04. The normalized spacial score (nSPS) is 14.7. The monoisotopic (exact) mass is 378 g/mol. The van der Waals surface area contributed by atoms with Gasteiger partial charge in [-0.2, -0.15) is 0 Å². The van der Waals surface area contributed by atoms with E-state index in [9.17, 15) is 18.8 Å². The summed E-state index contributed by atoms with van der Waals surface area (Å²) in [7, 11) is 0. The summed E-state index contributed by atoms with van der Waals surface area (Å²) in [5.74, 6) is -0.487. The van der Waals surface area contributed by atoms with Gasteiger partial charge in [0.1, 0.15) is 5.82 Å². The number of halogens is 1. The van der Waals surface area contributed by atoms with Crippen LogP contribution in [0.1, 0.15) is 27.2 Å². The van der Waals surface area contributed by atoms with Crippen LogP contribution in [0.4, 0.5) is 14.9 Å². The van der Waals surface area contributed by atoms with E-state index in [0.717, 1.165) is 0 Å². The standard InChI is InChI=1S/C19H27FN4O3/c1-19(2,3)17(26)21-9-8-16(25)23-10-12-24(13-11-23)18(27)22-15-6-4-14(20)5-7-15/h4-7H,8-13H2,1-3H3,(H,21,26)(H,22,27). The van der Waals surface area contributed by atoms with Crippen LogP contribution in [-0.4, -0.2) is 60.4 Å². The molecule has 27 heavy (non-hydrogen) atoms. The summed E-state index contributed by atoms with van der Waals surface area (Å²) < 4.78 is 12.9. The Labute approximate surface area is 158 Å². The van der Waals surface area contributed by atoms with Crippen molar-refractivity contribution in [3.8, 4) is 0 Å². The summed E-state index contributed by atoms with van der Waals surface area (Å²) in [6.45, 7) is 7.51. The van der Waals surface area contributed by atoms with Crippen molar-refractivity contribution in [3.63, 3.8) is 0 Å². The van der Waals surface area contributed by atoms with E-state index >= 15 is 0 Å². The predicted octanol–water partition coefficient (Wildman–Crippen LogP) is 2.05. The topological polar surface area (TPSA) is 81.8 Å². The Morgan fingerprint density at radius 1 is 1.00 bits per heavy atom. The first kappa shape index (κ1) is 20.7. The van der Waals surface area contributed by atoms with E-state index < -0.39 is 5.41 Å². The number of urea groups is 1. The van der Waals surface area contributed by atoms with Crippen LogP contribution in [0.25, 0.3) is 0 Å². The van der Waals surface area contributed by atoms with E-state index in [2.05, 4.69) is 10.6 Å². The van der Waals surface area contributed by atoms with Gasteiger partial charge in [0, 0.05) is 50.2 Å². The van der Waals surface area contributed by atoms with Gasteiger partial charge < -0.3 is 20.4 Å². The number of carbonyl (C=O) groups is 3. The molecule has 1 aliphatic rings. The summed E-state index contributed by atoms with van der Waals surface area (Å²) in [5.41, 5.74) is 0.0431. The lowest BCUT2D eigenvalue weighted by Crippen LogP contribution is -2.52. The highest BCUT2D eigenvalue weighted by atomic mass is 19.1. The first-order chi connectivity index (χ1) is 12.7. The molecule has 0 saturated carbocycles. The van der Waals surface area contributed by atoms with E-state index in [1.54, 1.807) is 9.80 Å². The quantitative estimate of drug-likeness (QED) is 0.841. The molecule has 0 radical (unpaired) electrons. The number of anilines is 1. The van der Waals surface area contributed by atoms with Crippen molar-refractivity contribution < 1.29 is 18.8 Å². The lowest BCUT2D eigenvalue weighted by Gasteiger charge is -2.34. The Kier molecular flexibility index (Phi) is 6.76. The third-order valence-electron chi connectivity index (χ3n) is 4.32. The number of piperazine rings is 1. The highest BCUT2D eigenvalue weighted by Gasteiger charge is 2.25. The number of nitrogens with one attached hydrogen (secondary N) is 2. The largest absolute Gasteiger partial charge is 0.355 e.